The molecule has 0 N–H and O–H groups in total. The molecular formula is C140H90N6O2. The summed E-state index contributed by atoms with van der Waals surface area (Å²) in [5.41, 5.74) is 54.9. The van der Waals surface area contributed by atoms with Gasteiger partial charge in [-0.05, 0) is 245 Å². The number of furan rings is 2. The van der Waals surface area contributed by atoms with Crippen molar-refractivity contribution in [3.63, 3.8) is 0 Å². The smallest absolute Gasteiger partial charge is 0.160 e. The molecule has 6 aliphatic rings. The second-order valence-corrected chi connectivity index (χ2v) is 41.1. The molecule has 6 aliphatic carbocycles. The summed E-state index contributed by atoms with van der Waals surface area (Å²) in [4.78, 5) is 30.2. The van der Waals surface area contributed by atoms with Crippen molar-refractivity contribution in [2.24, 2.45) is 0 Å². The minimum atomic E-state index is -0.411. The van der Waals surface area contributed by atoms with Crippen molar-refractivity contribution in [2.45, 2.75) is 49.4 Å². The molecule has 0 saturated carbocycles. The Morgan fingerprint density at radius 2 is 0.473 bits per heavy atom. The van der Waals surface area contributed by atoms with Crippen molar-refractivity contribution in [2.75, 3.05) is 0 Å². The van der Waals surface area contributed by atoms with E-state index in [2.05, 4.69) is 440 Å². The summed E-state index contributed by atoms with van der Waals surface area (Å²) in [5, 5.41) is 6.63. The van der Waals surface area contributed by atoms with E-state index in [9.17, 15) is 0 Å². The maximum absolute atomic E-state index is 6.39. The van der Waals surface area contributed by atoms with Crippen LogP contribution in [0, 0.1) is 0 Å². The van der Waals surface area contributed by atoms with Crippen LogP contribution < -0.4 is 0 Å². The largest absolute Gasteiger partial charge is 0.455 e. The van der Waals surface area contributed by atoms with Gasteiger partial charge in [0, 0.05) is 95.1 Å². The summed E-state index contributed by atoms with van der Waals surface area (Å²) in [5.74, 6) is 0. The highest BCUT2D eigenvalue weighted by Crippen LogP contribution is 2.67. The molecule has 8 aromatic heterocycles. The molecule has 8 heterocycles. The van der Waals surface area contributed by atoms with Crippen molar-refractivity contribution in [1.29, 1.82) is 0 Å². The fraction of sp³-hybridized carbons (Fsp3) is 0.0571. The van der Waals surface area contributed by atoms with E-state index in [0.717, 1.165) is 161 Å². The van der Waals surface area contributed by atoms with E-state index in [1.54, 1.807) is 0 Å². The molecule has 0 aliphatic heterocycles. The summed E-state index contributed by atoms with van der Waals surface area (Å²) in [6, 6.07) is 165. The molecule has 0 fully saturated rings. The molecule has 2 spiro atoms. The Balaban J connectivity index is 0.000000103. The monoisotopic (exact) mass is 1890 g/mol. The first-order chi connectivity index (χ1) is 72.9. The molecule has 26 aromatic rings. The van der Waals surface area contributed by atoms with Gasteiger partial charge in [-0.3, -0.25) is 4.98 Å². The fourth-order valence-corrected chi connectivity index (χ4v) is 26.4. The van der Waals surface area contributed by atoms with Gasteiger partial charge in [-0.15, -0.1) is 0 Å². The van der Waals surface area contributed by atoms with E-state index in [-0.39, 0.29) is 10.8 Å². The molecule has 8 nitrogen and oxygen atoms in total. The van der Waals surface area contributed by atoms with E-state index in [0.29, 0.717) is 0 Å². The minimum absolute atomic E-state index is 0.0678. The molecule has 0 atom stereocenters. The lowest BCUT2D eigenvalue weighted by molar-refractivity contribution is 0.660. The Labute approximate surface area is 855 Å². The summed E-state index contributed by atoms with van der Waals surface area (Å²) in [6.45, 7) is 9.33. The molecule has 0 bridgehead atoms. The topological polar surface area (TPSA) is 104 Å². The fourth-order valence-electron chi connectivity index (χ4n) is 26.4. The van der Waals surface area contributed by atoms with Crippen LogP contribution in [0.2, 0.25) is 0 Å². The number of rotatable bonds is 8. The van der Waals surface area contributed by atoms with Gasteiger partial charge in [0.05, 0.1) is 38.9 Å². The number of pyridine rings is 6. The van der Waals surface area contributed by atoms with E-state index in [4.69, 9.17) is 38.7 Å². The van der Waals surface area contributed by atoms with Gasteiger partial charge < -0.3 is 8.83 Å². The average Bonchev–Trinajstić information content (AvgIpc) is 1.50. The van der Waals surface area contributed by atoms with Gasteiger partial charge in [-0.2, -0.15) is 0 Å². The zero-order valence-electron chi connectivity index (χ0n) is 81.5. The molecule has 692 valence electrons. The zero-order chi connectivity index (χ0) is 98.0. The molecule has 0 amide bonds. The van der Waals surface area contributed by atoms with Crippen molar-refractivity contribution in [1.82, 2.24) is 29.9 Å². The maximum atomic E-state index is 6.39. The van der Waals surface area contributed by atoms with E-state index >= 15 is 0 Å². The third-order valence-corrected chi connectivity index (χ3v) is 32.9. The molecule has 8 heteroatoms. The van der Waals surface area contributed by atoms with Crippen LogP contribution >= 0.6 is 0 Å². The third kappa shape index (κ3) is 12.2. The number of hydrogen-bond donors (Lipinski definition) is 0. The van der Waals surface area contributed by atoms with Gasteiger partial charge in [0.15, 0.2) is 11.3 Å². The zero-order valence-corrected chi connectivity index (χ0v) is 81.5. The summed E-state index contributed by atoms with van der Waals surface area (Å²) >= 11 is 0. The molecule has 148 heavy (non-hydrogen) atoms. The van der Waals surface area contributed by atoms with Crippen molar-refractivity contribution in [3.8, 4) is 156 Å². The highest BCUT2D eigenvalue weighted by atomic mass is 16.3. The van der Waals surface area contributed by atoms with Crippen LogP contribution in [0.4, 0.5) is 0 Å². The van der Waals surface area contributed by atoms with Crippen LogP contribution in [0.1, 0.15) is 94.5 Å². The lowest BCUT2D eigenvalue weighted by Gasteiger charge is -2.30. The Kier molecular flexibility index (Phi) is 18.6. The van der Waals surface area contributed by atoms with Gasteiger partial charge in [0.25, 0.3) is 0 Å². The predicted molar refractivity (Wildman–Crippen MR) is 604 cm³/mol. The maximum Gasteiger partial charge on any atom is 0.160 e. The first-order valence-electron chi connectivity index (χ1n) is 51.1. The second kappa shape index (κ2) is 32.4. The Morgan fingerprint density at radius 1 is 0.182 bits per heavy atom. The van der Waals surface area contributed by atoms with E-state index in [1.807, 2.05) is 61.1 Å². The average molecular weight is 1890 g/mol. The van der Waals surface area contributed by atoms with Gasteiger partial charge in [0.2, 0.25) is 0 Å². The van der Waals surface area contributed by atoms with Crippen LogP contribution in [0.3, 0.4) is 0 Å². The quantitative estimate of drug-likeness (QED) is 0.148. The SMILES string of the molecule is CC1(C)c2ccccc2-c2c(-c3cc(-c4ccc(-c5cccc6c5oc5ccccc56)cc4)c4ncccc4n3)cccc21.CC1(C)c2ccccc2-c2ccc(-c3cc(-c4cccc5c4-c4ccccc4C54c5ccccc5-c5ccccc54)nc4ncccc34)cc21.c1ccc2c(c1)-c1ccccc1C21c2ccccc2-c2c(-c3cc(-c4ccc(-c5cccc6c5oc5ccccc56)cc4)c4cccnc4n3)cccc21. The lowest BCUT2D eigenvalue weighted by Crippen LogP contribution is -2.25. The minimum Gasteiger partial charge on any atom is -0.455 e. The first-order valence-corrected chi connectivity index (χ1v) is 51.1. The van der Waals surface area contributed by atoms with Gasteiger partial charge >= 0.3 is 0 Å². The summed E-state index contributed by atoms with van der Waals surface area (Å²) in [7, 11) is 0. The van der Waals surface area contributed by atoms with Gasteiger partial charge in [0.1, 0.15) is 22.3 Å². The number of nitrogens with zero attached hydrogens (tertiary/aromatic N) is 6. The first kappa shape index (κ1) is 84.9. The van der Waals surface area contributed by atoms with Gasteiger partial charge in [-0.1, -0.05) is 410 Å². The van der Waals surface area contributed by atoms with Crippen molar-refractivity contribution >= 4 is 77.0 Å². The lowest BCUT2D eigenvalue weighted by atomic mass is 9.70. The Morgan fingerprint density at radius 3 is 0.946 bits per heavy atom. The summed E-state index contributed by atoms with van der Waals surface area (Å²) < 4.78 is 12.7. The number of fused-ring (bicyclic) bond motifs is 35. The number of para-hydroxylation sites is 4. The van der Waals surface area contributed by atoms with Gasteiger partial charge in [-0.25, -0.2) is 24.9 Å². The normalized spacial score (nSPS) is 13.9. The summed E-state index contributed by atoms with van der Waals surface area (Å²) in [6.07, 6.45) is 5.55. The van der Waals surface area contributed by atoms with Crippen LogP contribution in [0.5, 0.6) is 0 Å². The molecule has 0 radical (unpaired) electrons. The molecule has 0 saturated heterocycles. The number of hydrogen-bond acceptors (Lipinski definition) is 8. The standard InChI is InChI=1S/C51H30N2O.C48H32N2.C41H28N2O/c1-5-20-42-34(12-1)35-13-2-6-21-43(35)51(42)44-22-7-3-15-39(44)48-40(18-10-23-45(48)51)46-30-41(38-19-11-29-52-50(38)53-46)32-27-25-31(26-28-32)33-16-9-17-37-36-14-4-8-24-47(36)54-49(33)37;1-47(2)38-19-7-3-13-30(38)33-25-24-29(27-43(33)47)37-28-44(50-46-34(37)18-12-26-49-46)36-17-11-23-42-45(36)35-16-6-10-22-41(35)48(42)39-20-8-4-14-31(39)32-15-5-9-21-40(32)48;1-41(2)33-15-5-3-11-30(33)38-31(14-8-16-34(38)41)36-24-32(39-35(43-36)17-9-23-42-39)26-21-19-25(20-22-26)27-12-7-13-29-28-10-4-6-18-37(28)44-40(27)29/h1-30H;3-28H,1-2H3;3-24H,1-2H3. The van der Waals surface area contributed by atoms with Crippen molar-refractivity contribution < 1.29 is 8.83 Å². The Bertz CT molecular complexity index is 10100. The molecule has 32 rings (SSSR count). The van der Waals surface area contributed by atoms with E-state index in [1.165, 1.54) is 139 Å². The highest BCUT2D eigenvalue weighted by Gasteiger charge is 2.54. The van der Waals surface area contributed by atoms with Crippen LogP contribution in [0.25, 0.3) is 233 Å². The molecule has 18 aromatic carbocycles. The molecule has 0 unspecified atom stereocenters. The Hall–Kier alpha value is -18.8. The van der Waals surface area contributed by atoms with Crippen molar-refractivity contribution in [3.05, 3.63) is 540 Å². The number of benzene rings is 18. The third-order valence-electron chi connectivity index (χ3n) is 32.9. The van der Waals surface area contributed by atoms with Crippen LogP contribution in [-0.4, -0.2) is 29.9 Å². The van der Waals surface area contributed by atoms with Crippen LogP contribution in [0.15, 0.2) is 482 Å². The van der Waals surface area contributed by atoms with Crippen LogP contribution in [-0.2, 0) is 21.7 Å². The van der Waals surface area contributed by atoms with E-state index < -0.39 is 10.8 Å². The number of aromatic nitrogens is 6. The molecular weight excluding hydrogens is 1800 g/mol. The second-order valence-electron chi connectivity index (χ2n) is 41.1. The predicted octanol–water partition coefficient (Wildman–Crippen LogP) is 35.3. The highest BCUT2D eigenvalue weighted by molar-refractivity contribution is 6.13.